The molecule has 0 amide bonds. The molecule has 0 aliphatic heterocycles. The van der Waals surface area contributed by atoms with Crippen molar-refractivity contribution in [2.24, 2.45) is 5.92 Å². The molecule has 1 nitrogen and oxygen atoms in total. The molecule has 0 aromatic rings. The van der Waals surface area contributed by atoms with Crippen molar-refractivity contribution in [1.29, 1.82) is 0 Å². The summed E-state index contributed by atoms with van der Waals surface area (Å²) < 4.78 is 13.0. The van der Waals surface area contributed by atoms with Crippen LogP contribution in [0.4, 0.5) is 4.39 Å². The Kier molecular flexibility index (Phi) is 4.85. The van der Waals surface area contributed by atoms with Crippen LogP contribution in [0.1, 0.15) is 45.4 Å². The van der Waals surface area contributed by atoms with Crippen LogP contribution in [-0.2, 0) is 4.79 Å². The molecule has 0 saturated heterocycles. The molecule has 0 fully saturated rings. The van der Waals surface area contributed by atoms with Crippen molar-refractivity contribution in [3.63, 3.8) is 0 Å². The van der Waals surface area contributed by atoms with Gasteiger partial charge >= 0.3 is 0 Å². The number of rotatable bonds is 4. The Labute approximate surface area is 85.4 Å². The quantitative estimate of drug-likeness (QED) is 0.632. The molecule has 0 bridgehead atoms. The lowest BCUT2D eigenvalue weighted by Crippen LogP contribution is -2.01. The minimum absolute atomic E-state index is 0.256. The van der Waals surface area contributed by atoms with Gasteiger partial charge in [0.1, 0.15) is 12.0 Å². The molecule has 80 valence electrons. The van der Waals surface area contributed by atoms with Crippen LogP contribution >= 0.6 is 0 Å². The largest absolute Gasteiger partial charge is 0.300 e. The molecule has 1 aliphatic rings. The Hall–Kier alpha value is -0.660. The first-order valence-electron chi connectivity index (χ1n) is 5.48. The molecular weight excluding hydrogens is 179 g/mol. The van der Waals surface area contributed by atoms with E-state index < -0.39 is 6.17 Å². The van der Waals surface area contributed by atoms with E-state index in [2.05, 4.69) is 6.08 Å². The highest BCUT2D eigenvalue weighted by atomic mass is 19.1. The molecule has 14 heavy (non-hydrogen) atoms. The Morgan fingerprint density at radius 1 is 1.50 bits per heavy atom. The normalized spacial score (nSPS) is 27.3. The van der Waals surface area contributed by atoms with Gasteiger partial charge in [0, 0.05) is 6.42 Å². The van der Waals surface area contributed by atoms with Crippen LogP contribution in [-0.4, -0.2) is 12.0 Å². The van der Waals surface area contributed by atoms with E-state index in [0.717, 1.165) is 19.3 Å². The standard InChI is InChI=1S/C12H19FO/c1-10(14)4-2-5-11-6-3-7-12(13)9-8-11/h3,6,11-12H,2,4-5,7-9H2,1H3. The van der Waals surface area contributed by atoms with Crippen molar-refractivity contribution >= 4 is 5.78 Å². The summed E-state index contributed by atoms with van der Waals surface area (Å²) in [5.74, 6) is 0.751. The molecule has 2 unspecified atom stereocenters. The van der Waals surface area contributed by atoms with Gasteiger partial charge in [-0.1, -0.05) is 12.2 Å². The fraction of sp³-hybridized carbons (Fsp3) is 0.750. The summed E-state index contributed by atoms with van der Waals surface area (Å²) >= 11 is 0. The number of hydrogen-bond donors (Lipinski definition) is 0. The van der Waals surface area contributed by atoms with Crippen LogP contribution in [0, 0.1) is 5.92 Å². The van der Waals surface area contributed by atoms with E-state index in [1.807, 2.05) is 6.08 Å². The SMILES string of the molecule is CC(=O)CCCC1C=CCC(F)CC1. The van der Waals surface area contributed by atoms with E-state index >= 15 is 0 Å². The highest BCUT2D eigenvalue weighted by molar-refractivity contribution is 5.75. The van der Waals surface area contributed by atoms with Gasteiger partial charge in [-0.3, -0.25) is 0 Å². The number of carbonyl (C=O) groups excluding carboxylic acids is 1. The zero-order valence-corrected chi connectivity index (χ0v) is 8.84. The second kappa shape index (κ2) is 5.94. The minimum Gasteiger partial charge on any atom is -0.300 e. The maximum atomic E-state index is 13.0. The van der Waals surface area contributed by atoms with Crippen molar-refractivity contribution in [3.05, 3.63) is 12.2 Å². The molecule has 0 heterocycles. The average Bonchev–Trinajstić information content (AvgIpc) is 2.30. The predicted octanol–water partition coefficient (Wildman–Crippen LogP) is 3.44. The highest BCUT2D eigenvalue weighted by Gasteiger charge is 2.13. The van der Waals surface area contributed by atoms with Crippen LogP contribution in [0.25, 0.3) is 0 Å². The first-order valence-corrected chi connectivity index (χ1v) is 5.48. The van der Waals surface area contributed by atoms with E-state index in [1.165, 1.54) is 0 Å². The lowest BCUT2D eigenvalue weighted by Gasteiger charge is -2.10. The number of alkyl halides is 1. The van der Waals surface area contributed by atoms with Gasteiger partial charge in [0.25, 0.3) is 0 Å². The summed E-state index contributed by atoms with van der Waals surface area (Å²) in [5, 5.41) is 0. The Morgan fingerprint density at radius 3 is 3.00 bits per heavy atom. The van der Waals surface area contributed by atoms with Gasteiger partial charge in [0.05, 0.1) is 0 Å². The molecule has 1 rings (SSSR count). The molecular formula is C12H19FO. The minimum atomic E-state index is -0.649. The number of ketones is 1. The molecule has 2 heteroatoms. The second-order valence-electron chi connectivity index (χ2n) is 4.19. The van der Waals surface area contributed by atoms with E-state index in [9.17, 15) is 9.18 Å². The summed E-state index contributed by atoms with van der Waals surface area (Å²) in [4.78, 5) is 10.7. The van der Waals surface area contributed by atoms with Gasteiger partial charge in [-0.2, -0.15) is 0 Å². The molecule has 0 spiro atoms. The summed E-state index contributed by atoms with van der Waals surface area (Å²) in [7, 11) is 0. The highest BCUT2D eigenvalue weighted by Crippen LogP contribution is 2.23. The number of allylic oxidation sites excluding steroid dienone is 2. The molecule has 0 aromatic heterocycles. The second-order valence-corrected chi connectivity index (χ2v) is 4.19. The van der Waals surface area contributed by atoms with Gasteiger partial charge in [-0.05, 0) is 44.9 Å². The molecule has 0 aromatic carbocycles. The zero-order chi connectivity index (χ0) is 10.4. The monoisotopic (exact) mass is 198 g/mol. The van der Waals surface area contributed by atoms with Crippen LogP contribution in [0.3, 0.4) is 0 Å². The molecule has 1 aliphatic carbocycles. The molecule has 0 N–H and O–H groups in total. The topological polar surface area (TPSA) is 17.1 Å². The van der Waals surface area contributed by atoms with E-state index in [4.69, 9.17) is 0 Å². The van der Waals surface area contributed by atoms with Crippen molar-refractivity contribution in [1.82, 2.24) is 0 Å². The summed E-state index contributed by atoms with van der Waals surface area (Å²) in [6.45, 7) is 1.63. The molecule has 2 atom stereocenters. The number of hydrogen-bond acceptors (Lipinski definition) is 1. The molecule has 0 radical (unpaired) electrons. The third kappa shape index (κ3) is 4.54. The number of halogens is 1. The lowest BCUT2D eigenvalue weighted by atomic mass is 9.96. The average molecular weight is 198 g/mol. The fourth-order valence-corrected chi connectivity index (χ4v) is 1.88. The summed E-state index contributed by atoms with van der Waals surface area (Å²) in [5.41, 5.74) is 0. The van der Waals surface area contributed by atoms with Crippen LogP contribution in [0.5, 0.6) is 0 Å². The number of carbonyl (C=O) groups is 1. The lowest BCUT2D eigenvalue weighted by molar-refractivity contribution is -0.117. The van der Waals surface area contributed by atoms with Crippen LogP contribution in [0.2, 0.25) is 0 Å². The van der Waals surface area contributed by atoms with E-state index in [1.54, 1.807) is 6.92 Å². The third-order valence-corrected chi connectivity index (χ3v) is 2.75. The maximum Gasteiger partial charge on any atom is 0.129 e. The number of Topliss-reactive ketones (excluding diaryl/α,β-unsaturated/α-hetero) is 1. The fourth-order valence-electron chi connectivity index (χ4n) is 1.88. The summed E-state index contributed by atoms with van der Waals surface area (Å²) in [6.07, 6.45) is 8.27. The van der Waals surface area contributed by atoms with Crippen molar-refractivity contribution in [2.45, 2.75) is 51.6 Å². The Bertz CT molecular complexity index is 210. The molecule has 0 saturated carbocycles. The Morgan fingerprint density at radius 2 is 2.29 bits per heavy atom. The van der Waals surface area contributed by atoms with Gasteiger partial charge in [0.15, 0.2) is 0 Å². The summed E-state index contributed by atoms with van der Waals surface area (Å²) in [6, 6.07) is 0. The smallest absolute Gasteiger partial charge is 0.129 e. The van der Waals surface area contributed by atoms with Crippen molar-refractivity contribution in [3.8, 4) is 0 Å². The third-order valence-electron chi connectivity index (χ3n) is 2.75. The van der Waals surface area contributed by atoms with Gasteiger partial charge in [-0.15, -0.1) is 0 Å². The first kappa shape index (κ1) is 11.4. The van der Waals surface area contributed by atoms with E-state index in [-0.39, 0.29) is 5.78 Å². The maximum absolute atomic E-state index is 13.0. The van der Waals surface area contributed by atoms with Crippen LogP contribution in [0.15, 0.2) is 12.2 Å². The van der Waals surface area contributed by atoms with Crippen molar-refractivity contribution in [2.75, 3.05) is 0 Å². The van der Waals surface area contributed by atoms with Crippen LogP contribution < -0.4 is 0 Å². The first-order chi connectivity index (χ1) is 6.68. The van der Waals surface area contributed by atoms with Gasteiger partial charge in [-0.25, -0.2) is 4.39 Å². The van der Waals surface area contributed by atoms with Crippen molar-refractivity contribution < 1.29 is 9.18 Å². The van der Waals surface area contributed by atoms with Gasteiger partial charge < -0.3 is 4.79 Å². The van der Waals surface area contributed by atoms with E-state index in [0.29, 0.717) is 25.2 Å². The van der Waals surface area contributed by atoms with Gasteiger partial charge in [0.2, 0.25) is 0 Å². The predicted molar refractivity (Wildman–Crippen MR) is 55.9 cm³/mol. The zero-order valence-electron chi connectivity index (χ0n) is 8.84. The Balaban J connectivity index is 2.20.